The summed E-state index contributed by atoms with van der Waals surface area (Å²) in [5.41, 5.74) is -3.35. The van der Waals surface area contributed by atoms with Gasteiger partial charge in [-0.05, 0) is 135 Å². The summed E-state index contributed by atoms with van der Waals surface area (Å²) in [5, 5.41) is 52.0. The van der Waals surface area contributed by atoms with Crippen molar-refractivity contribution in [2.45, 2.75) is 199 Å². The number of esters is 1. The van der Waals surface area contributed by atoms with E-state index < -0.39 is 73.0 Å². The van der Waals surface area contributed by atoms with Crippen molar-refractivity contribution >= 4 is 35.1 Å². The van der Waals surface area contributed by atoms with Crippen LogP contribution in [0.3, 0.4) is 0 Å². The molecule has 2 fully saturated rings. The molecule has 3 aromatic carbocycles. The van der Waals surface area contributed by atoms with E-state index >= 15 is 0 Å². The lowest BCUT2D eigenvalue weighted by Gasteiger charge is -2.46. The first-order valence-electron chi connectivity index (χ1n) is 26.6. The Morgan fingerprint density at radius 1 is 0.771 bits per heavy atom. The fourth-order valence-corrected chi connectivity index (χ4v) is 16.0. The second kappa shape index (κ2) is 26.6. The third-order valence-corrected chi connectivity index (χ3v) is 20.0. The zero-order chi connectivity index (χ0) is 51.2. The van der Waals surface area contributed by atoms with Crippen LogP contribution in [0.2, 0.25) is 0 Å². The van der Waals surface area contributed by atoms with E-state index in [1.54, 1.807) is 32.6 Å². The SMILES string of the molecule is CC[C@H]1OC(=O)[C@H](C)C[C@H](C)[C@@H](O[C@@H]2O[C@H](C)C[C@H](N(C)C)[C@H]2O)[C@](C)(O)C[C@@H](C)CN(C(=O)CCCCCCCCCC[P+](c2ccccc2)(c2ccccc2)c2ccccc2)[C@H](C)[C@@H](O)[C@]1(C)O. The number of carbonyl (C=O) groups is 2. The molecule has 0 spiro atoms. The van der Waals surface area contributed by atoms with Crippen molar-refractivity contribution < 1.29 is 44.2 Å². The first-order valence-corrected chi connectivity index (χ1v) is 28.5. The largest absolute Gasteiger partial charge is 0.459 e. The highest BCUT2D eigenvalue weighted by Crippen LogP contribution is 2.56. The summed E-state index contributed by atoms with van der Waals surface area (Å²) in [6.45, 7) is 14.5. The predicted molar refractivity (Wildman–Crippen MR) is 284 cm³/mol. The molecule has 4 N–H and O–H groups in total. The maximum atomic E-state index is 14.4. The van der Waals surface area contributed by atoms with Crippen molar-refractivity contribution in [3.8, 4) is 0 Å². The predicted octanol–water partition coefficient (Wildman–Crippen LogP) is 8.41. The fraction of sp³-hybridized carbons (Fsp3) is 0.655. The summed E-state index contributed by atoms with van der Waals surface area (Å²) in [5.74, 6) is -1.99. The molecule has 0 saturated carbocycles. The molecule has 2 aliphatic rings. The number of aliphatic hydroxyl groups is 4. The molecule has 390 valence electrons. The van der Waals surface area contributed by atoms with E-state index in [9.17, 15) is 30.0 Å². The van der Waals surface area contributed by atoms with Crippen molar-refractivity contribution in [2.75, 3.05) is 26.8 Å². The minimum absolute atomic E-state index is 0.137. The number of benzene rings is 3. The Hall–Kier alpha value is -3.25. The van der Waals surface area contributed by atoms with Crippen LogP contribution in [0.4, 0.5) is 0 Å². The van der Waals surface area contributed by atoms with E-state index in [0.29, 0.717) is 12.8 Å². The summed E-state index contributed by atoms with van der Waals surface area (Å²) < 4.78 is 18.8. The van der Waals surface area contributed by atoms with Crippen molar-refractivity contribution in [2.24, 2.45) is 17.8 Å². The van der Waals surface area contributed by atoms with Crippen LogP contribution >= 0.6 is 7.26 Å². The normalized spacial score (nSPS) is 32.0. The average molecular weight is 990 g/mol. The summed E-state index contributed by atoms with van der Waals surface area (Å²) in [4.78, 5) is 31.7. The van der Waals surface area contributed by atoms with E-state index in [0.717, 1.165) is 51.1 Å². The molecule has 5 rings (SSSR count). The van der Waals surface area contributed by atoms with Crippen LogP contribution < -0.4 is 15.9 Å². The molecule has 0 unspecified atom stereocenters. The first kappa shape index (κ1) is 57.6. The molecule has 2 heterocycles. The van der Waals surface area contributed by atoms with E-state index in [4.69, 9.17) is 14.2 Å². The van der Waals surface area contributed by atoms with Gasteiger partial charge in [0, 0.05) is 19.0 Å². The number of aliphatic hydroxyl groups excluding tert-OH is 2. The molecule has 70 heavy (non-hydrogen) atoms. The summed E-state index contributed by atoms with van der Waals surface area (Å²) in [6, 6.07) is 32.1. The first-order chi connectivity index (χ1) is 33.2. The lowest BCUT2D eigenvalue weighted by molar-refractivity contribution is -0.295. The zero-order valence-electron chi connectivity index (χ0n) is 44.3. The van der Waals surface area contributed by atoms with Gasteiger partial charge in [-0.15, -0.1) is 0 Å². The van der Waals surface area contributed by atoms with E-state index in [1.807, 2.05) is 39.8 Å². The molecule has 0 aromatic heterocycles. The zero-order valence-corrected chi connectivity index (χ0v) is 45.2. The van der Waals surface area contributed by atoms with Crippen LogP contribution in [-0.4, -0.2) is 129 Å². The smallest absolute Gasteiger partial charge is 0.309 e. The van der Waals surface area contributed by atoms with Gasteiger partial charge in [0.1, 0.15) is 47.1 Å². The van der Waals surface area contributed by atoms with Crippen LogP contribution in [0, 0.1) is 17.8 Å². The van der Waals surface area contributed by atoms with Gasteiger partial charge in [0.05, 0.1) is 35.9 Å². The Kier molecular flexibility index (Phi) is 21.9. The van der Waals surface area contributed by atoms with Gasteiger partial charge in [0.25, 0.3) is 0 Å². The van der Waals surface area contributed by atoms with E-state index in [2.05, 4.69) is 91.0 Å². The molecule has 11 nitrogen and oxygen atoms in total. The molecule has 2 saturated heterocycles. The highest BCUT2D eigenvalue weighted by atomic mass is 31.2. The number of amides is 1. The molecule has 0 aliphatic carbocycles. The van der Waals surface area contributed by atoms with Crippen molar-refractivity contribution in [3.63, 3.8) is 0 Å². The quantitative estimate of drug-likeness (QED) is 0.0557. The van der Waals surface area contributed by atoms with Crippen LogP contribution in [-0.2, 0) is 23.8 Å². The van der Waals surface area contributed by atoms with Gasteiger partial charge < -0.3 is 44.4 Å². The number of unbranched alkanes of at least 4 members (excludes halogenated alkanes) is 7. The van der Waals surface area contributed by atoms with Gasteiger partial charge >= 0.3 is 5.97 Å². The number of hydrogen-bond acceptors (Lipinski definition) is 10. The van der Waals surface area contributed by atoms with Crippen LogP contribution in [0.1, 0.15) is 139 Å². The second-order valence-electron chi connectivity index (χ2n) is 21.8. The average Bonchev–Trinajstić information content (AvgIpc) is 3.33. The standard InChI is InChI=1S/C58H90N2O9P/c1-11-50-58(8,66)53(63)45(6)60(40-41(2)39-57(7,65)54(42(3)37-43(4)55(64)68-50)69-56-52(62)49(59(9)10)38-44(5)67-56)51(61)35-27-16-14-12-13-15-17-28-36-70(46-29-21-18-22-30-46,47-31-23-19-24-32-47)48-33-25-20-26-34-48/h18-26,29-34,41-45,49-50,52-54,56,62-63,65-66H,11-17,27-28,35-40H2,1-10H3/q+1/t41-,42+,43-,44-,45-,49+,50-,52-,53-,54-,56+,57-,58-/m1/s1. The Labute approximate surface area is 422 Å². The van der Waals surface area contributed by atoms with E-state index in [-0.39, 0.29) is 56.2 Å². The molecule has 0 bridgehead atoms. The van der Waals surface area contributed by atoms with Gasteiger partial charge in [-0.25, -0.2) is 0 Å². The van der Waals surface area contributed by atoms with Crippen molar-refractivity contribution in [1.29, 1.82) is 0 Å². The summed E-state index contributed by atoms with van der Waals surface area (Å²) >= 11 is 0. The third kappa shape index (κ3) is 14.7. The minimum atomic E-state index is -1.86. The molecule has 0 radical (unpaired) electrons. The van der Waals surface area contributed by atoms with Gasteiger partial charge in [0.15, 0.2) is 6.29 Å². The van der Waals surface area contributed by atoms with Crippen molar-refractivity contribution in [1.82, 2.24) is 9.80 Å². The van der Waals surface area contributed by atoms with Crippen molar-refractivity contribution in [3.05, 3.63) is 91.0 Å². The van der Waals surface area contributed by atoms with Crippen LogP contribution in [0.25, 0.3) is 0 Å². The Morgan fingerprint density at radius 3 is 1.77 bits per heavy atom. The Morgan fingerprint density at radius 2 is 1.27 bits per heavy atom. The molecule has 13 atom stereocenters. The summed E-state index contributed by atoms with van der Waals surface area (Å²) in [6.07, 6.45) is 5.50. The summed E-state index contributed by atoms with van der Waals surface area (Å²) in [7, 11) is 1.98. The van der Waals surface area contributed by atoms with Gasteiger partial charge in [-0.2, -0.15) is 0 Å². The monoisotopic (exact) mass is 990 g/mol. The number of ether oxygens (including phenoxy) is 3. The minimum Gasteiger partial charge on any atom is -0.459 e. The molecule has 12 heteroatoms. The second-order valence-corrected chi connectivity index (χ2v) is 25.4. The molecular weight excluding hydrogens is 900 g/mol. The maximum Gasteiger partial charge on any atom is 0.309 e. The number of hydrogen-bond donors (Lipinski definition) is 4. The lowest BCUT2D eigenvalue weighted by atomic mass is 9.79. The lowest BCUT2D eigenvalue weighted by Crippen LogP contribution is -2.60. The number of likely N-dealkylation sites (N-methyl/N-ethyl adjacent to an activating group) is 1. The van der Waals surface area contributed by atoms with Gasteiger partial charge in [-0.3, -0.25) is 9.59 Å². The van der Waals surface area contributed by atoms with E-state index in [1.165, 1.54) is 22.8 Å². The molecular formula is C58H90N2O9P+. The van der Waals surface area contributed by atoms with Gasteiger partial charge in [-0.1, -0.05) is 114 Å². The number of rotatable bonds is 18. The third-order valence-electron chi connectivity index (χ3n) is 15.5. The van der Waals surface area contributed by atoms with Crippen LogP contribution in [0.15, 0.2) is 91.0 Å². The molecule has 2 aliphatic heterocycles. The molecule has 3 aromatic rings. The van der Waals surface area contributed by atoms with Gasteiger partial charge in [0.2, 0.25) is 5.91 Å². The highest BCUT2D eigenvalue weighted by Gasteiger charge is 2.49. The number of nitrogens with zero attached hydrogens (tertiary/aromatic N) is 2. The number of carbonyl (C=O) groups excluding carboxylic acids is 2. The topological polar surface area (TPSA) is 149 Å². The maximum absolute atomic E-state index is 14.4. The molecule has 1 amide bonds. The Balaban J connectivity index is 1.23. The number of cyclic esters (lactones) is 1. The van der Waals surface area contributed by atoms with Crippen LogP contribution in [0.5, 0.6) is 0 Å². The highest BCUT2D eigenvalue weighted by molar-refractivity contribution is 7.95. The Bertz CT molecular complexity index is 1910. The fourth-order valence-electron chi connectivity index (χ4n) is 11.6.